The van der Waals surface area contributed by atoms with Gasteiger partial charge in [-0.1, -0.05) is 0 Å². The Labute approximate surface area is 97.5 Å². The summed E-state index contributed by atoms with van der Waals surface area (Å²) in [5, 5.41) is 12.1. The fourth-order valence-corrected chi connectivity index (χ4v) is 2.22. The monoisotopic (exact) mass is 241 g/mol. The van der Waals surface area contributed by atoms with E-state index in [0.717, 1.165) is 24.6 Å². The second kappa shape index (κ2) is 4.41. The first-order chi connectivity index (χ1) is 8.03. The Morgan fingerprint density at radius 1 is 1.47 bits per heavy atom. The van der Waals surface area contributed by atoms with E-state index < -0.39 is 23.1 Å². The molecule has 1 aromatic carbocycles. The predicted octanol–water partition coefficient (Wildman–Crippen LogP) is 1.71. The quantitative estimate of drug-likeness (QED) is 0.847. The fraction of sp³-hybridized carbons (Fsp3) is 0.417. The van der Waals surface area contributed by atoms with E-state index >= 15 is 0 Å². The average Bonchev–Trinajstić information content (AvgIpc) is 2.73. The van der Waals surface area contributed by atoms with Crippen LogP contribution in [-0.2, 0) is 11.2 Å². The summed E-state index contributed by atoms with van der Waals surface area (Å²) in [6.45, 7) is 0.587. The van der Waals surface area contributed by atoms with Gasteiger partial charge in [0.1, 0.15) is 17.2 Å². The smallest absolute Gasteiger partial charge is 0.324 e. The normalized spacial score (nSPS) is 23.9. The Morgan fingerprint density at radius 3 is 2.82 bits per heavy atom. The number of rotatable bonds is 3. The zero-order chi connectivity index (χ0) is 12.5. The second-order valence-corrected chi connectivity index (χ2v) is 4.33. The highest BCUT2D eigenvalue weighted by atomic mass is 19.1. The molecular weight excluding hydrogens is 228 g/mol. The number of hydrogen-bond donors (Lipinski definition) is 2. The zero-order valence-corrected chi connectivity index (χ0v) is 9.17. The molecule has 0 aliphatic carbocycles. The Hall–Kier alpha value is -1.49. The highest BCUT2D eigenvalue weighted by Gasteiger charge is 2.41. The summed E-state index contributed by atoms with van der Waals surface area (Å²) in [5.74, 6) is -2.14. The van der Waals surface area contributed by atoms with Gasteiger partial charge in [0.25, 0.3) is 0 Å². The lowest BCUT2D eigenvalue weighted by molar-refractivity contribution is -0.144. The Kier molecular flexibility index (Phi) is 3.11. The number of halogens is 2. The minimum Gasteiger partial charge on any atom is -0.480 e. The molecule has 0 spiro atoms. The van der Waals surface area contributed by atoms with Gasteiger partial charge in [-0.05, 0) is 43.1 Å². The largest absolute Gasteiger partial charge is 0.480 e. The lowest BCUT2D eigenvalue weighted by Gasteiger charge is -2.24. The van der Waals surface area contributed by atoms with Crippen LogP contribution in [0.3, 0.4) is 0 Å². The van der Waals surface area contributed by atoms with Crippen molar-refractivity contribution in [3.05, 3.63) is 35.4 Å². The molecule has 1 heterocycles. The maximum Gasteiger partial charge on any atom is 0.324 e. The first kappa shape index (κ1) is 12.0. The molecule has 17 heavy (non-hydrogen) atoms. The van der Waals surface area contributed by atoms with Crippen LogP contribution in [-0.4, -0.2) is 23.2 Å². The molecule has 3 nitrogen and oxygen atoms in total. The van der Waals surface area contributed by atoms with Gasteiger partial charge in [-0.3, -0.25) is 4.79 Å². The first-order valence-corrected chi connectivity index (χ1v) is 5.46. The number of carbonyl (C=O) groups is 1. The van der Waals surface area contributed by atoms with Crippen LogP contribution >= 0.6 is 0 Å². The van der Waals surface area contributed by atoms with Gasteiger partial charge < -0.3 is 10.4 Å². The Balaban J connectivity index is 2.29. The van der Waals surface area contributed by atoms with Crippen LogP contribution in [0.5, 0.6) is 0 Å². The minimum atomic E-state index is -1.16. The molecule has 0 bridgehead atoms. The van der Waals surface area contributed by atoms with E-state index in [1.54, 1.807) is 0 Å². The van der Waals surface area contributed by atoms with Crippen molar-refractivity contribution in [3.63, 3.8) is 0 Å². The van der Waals surface area contributed by atoms with E-state index in [-0.39, 0.29) is 12.0 Å². The predicted molar refractivity (Wildman–Crippen MR) is 57.7 cm³/mol. The molecule has 1 atom stereocenters. The summed E-state index contributed by atoms with van der Waals surface area (Å²) < 4.78 is 26.5. The van der Waals surface area contributed by atoms with Crippen molar-refractivity contribution in [1.29, 1.82) is 0 Å². The maximum absolute atomic E-state index is 13.5. The van der Waals surface area contributed by atoms with Gasteiger partial charge in [-0.2, -0.15) is 0 Å². The highest BCUT2D eigenvalue weighted by Crippen LogP contribution is 2.26. The molecular formula is C12H13F2NO2. The standard InChI is InChI=1S/C12H13F2NO2/c13-9-2-3-10(14)8(6-9)7-12(11(16)17)4-1-5-15-12/h2-3,6,15H,1,4-5,7H2,(H,16,17). The van der Waals surface area contributed by atoms with Crippen molar-refractivity contribution in [2.24, 2.45) is 0 Å². The van der Waals surface area contributed by atoms with Crippen molar-refractivity contribution >= 4 is 5.97 Å². The topological polar surface area (TPSA) is 49.3 Å². The molecule has 92 valence electrons. The summed E-state index contributed by atoms with van der Waals surface area (Å²) in [5.41, 5.74) is -1.06. The number of carboxylic acid groups (broad SMARTS) is 1. The van der Waals surface area contributed by atoms with E-state index in [9.17, 15) is 18.7 Å². The van der Waals surface area contributed by atoms with Crippen LogP contribution in [0, 0.1) is 11.6 Å². The molecule has 0 aromatic heterocycles. The summed E-state index contributed by atoms with van der Waals surface area (Å²) in [6, 6.07) is 3.10. The molecule has 5 heteroatoms. The third kappa shape index (κ3) is 2.29. The van der Waals surface area contributed by atoms with Gasteiger partial charge in [-0.25, -0.2) is 8.78 Å². The van der Waals surface area contributed by atoms with Gasteiger partial charge in [0, 0.05) is 6.42 Å². The van der Waals surface area contributed by atoms with Crippen molar-refractivity contribution in [2.75, 3.05) is 6.54 Å². The first-order valence-electron chi connectivity index (χ1n) is 5.46. The second-order valence-electron chi connectivity index (χ2n) is 4.33. The number of carboxylic acids is 1. The molecule has 1 aromatic rings. The van der Waals surface area contributed by atoms with E-state index in [2.05, 4.69) is 5.32 Å². The number of benzene rings is 1. The third-order valence-corrected chi connectivity index (χ3v) is 3.15. The number of nitrogens with one attached hydrogen (secondary N) is 1. The third-order valence-electron chi connectivity index (χ3n) is 3.15. The number of hydrogen-bond acceptors (Lipinski definition) is 2. The molecule has 1 aliphatic rings. The molecule has 1 unspecified atom stereocenters. The van der Waals surface area contributed by atoms with E-state index in [4.69, 9.17) is 0 Å². The Morgan fingerprint density at radius 2 is 2.24 bits per heavy atom. The van der Waals surface area contributed by atoms with Gasteiger partial charge in [-0.15, -0.1) is 0 Å². The zero-order valence-electron chi connectivity index (χ0n) is 9.17. The molecule has 0 radical (unpaired) electrons. The fourth-order valence-electron chi connectivity index (χ4n) is 2.22. The van der Waals surface area contributed by atoms with Crippen LogP contribution in [0.25, 0.3) is 0 Å². The lowest BCUT2D eigenvalue weighted by atomic mass is 9.89. The van der Waals surface area contributed by atoms with E-state index in [1.165, 1.54) is 0 Å². The van der Waals surface area contributed by atoms with Crippen LogP contribution in [0.4, 0.5) is 8.78 Å². The molecule has 2 rings (SSSR count). The maximum atomic E-state index is 13.5. The summed E-state index contributed by atoms with van der Waals surface area (Å²) in [6.07, 6.45) is 1.12. The summed E-state index contributed by atoms with van der Waals surface area (Å²) in [7, 11) is 0. The van der Waals surface area contributed by atoms with Crippen LogP contribution in [0.2, 0.25) is 0 Å². The van der Waals surface area contributed by atoms with Crippen molar-refractivity contribution in [3.8, 4) is 0 Å². The van der Waals surface area contributed by atoms with E-state index in [1.807, 2.05) is 0 Å². The van der Waals surface area contributed by atoms with Crippen LogP contribution in [0.1, 0.15) is 18.4 Å². The van der Waals surface area contributed by atoms with Crippen molar-refractivity contribution in [1.82, 2.24) is 5.32 Å². The molecule has 1 aliphatic heterocycles. The summed E-state index contributed by atoms with van der Waals surface area (Å²) in [4.78, 5) is 11.2. The van der Waals surface area contributed by atoms with Crippen molar-refractivity contribution < 1.29 is 18.7 Å². The SMILES string of the molecule is O=C(O)C1(Cc2cc(F)ccc2F)CCCN1. The van der Waals surface area contributed by atoms with Crippen LogP contribution in [0.15, 0.2) is 18.2 Å². The average molecular weight is 241 g/mol. The minimum absolute atomic E-state index is 0.0358. The summed E-state index contributed by atoms with van der Waals surface area (Å²) >= 11 is 0. The van der Waals surface area contributed by atoms with Gasteiger partial charge >= 0.3 is 5.97 Å². The van der Waals surface area contributed by atoms with Crippen molar-refractivity contribution in [2.45, 2.75) is 24.8 Å². The molecule has 1 saturated heterocycles. The highest BCUT2D eigenvalue weighted by molar-refractivity contribution is 5.79. The molecule has 1 fully saturated rings. The molecule has 0 saturated carbocycles. The van der Waals surface area contributed by atoms with Crippen LogP contribution < -0.4 is 5.32 Å². The number of aliphatic carboxylic acids is 1. The Bertz CT molecular complexity index is 442. The van der Waals surface area contributed by atoms with Gasteiger partial charge in [0.2, 0.25) is 0 Å². The molecule has 2 N–H and O–H groups in total. The van der Waals surface area contributed by atoms with Gasteiger partial charge in [0.15, 0.2) is 0 Å². The van der Waals surface area contributed by atoms with Gasteiger partial charge in [0.05, 0.1) is 0 Å². The lowest BCUT2D eigenvalue weighted by Crippen LogP contribution is -2.49. The van der Waals surface area contributed by atoms with E-state index in [0.29, 0.717) is 13.0 Å². The molecule has 0 amide bonds.